The lowest BCUT2D eigenvalue weighted by Gasteiger charge is -2.35. The average Bonchev–Trinajstić information content (AvgIpc) is 3.56. The van der Waals surface area contributed by atoms with Crippen molar-refractivity contribution in [3.8, 4) is 0 Å². The largest absolute Gasteiger partial charge is 0.467 e. The van der Waals surface area contributed by atoms with Gasteiger partial charge in [-0.05, 0) is 56.0 Å². The predicted molar refractivity (Wildman–Crippen MR) is 110 cm³/mol. The molecule has 3 aliphatic rings. The zero-order valence-electron chi connectivity index (χ0n) is 17.0. The zero-order valence-corrected chi connectivity index (χ0v) is 17.0. The van der Waals surface area contributed by atoms with Gasteiger partial charge in [-0.25, -0.2) is 0 Å². The summed E-state index contributed by atoms with van der Waals surface area (Å²) in [5.41, 5.74) is 1.18. The Labute approximate surface area is 175 Å². The van der Waals surface area contributed by atoms with E-state index in [2.05, 4.69) is 4.90 Å². The van der Waals surface area contributed by atoms with Crippen LogP contribution in [0.1, 0.15) is 88.2 Å². The molecule has 1 aliphatic heterocycles. The van der Waals surface area contributed by atoms with Crippen LogP contribution >= 0.6 is 0 Å². The van der Waals surface area contributed by atoms with Crippen LogP contribution < -0.4 is 0 Å². The maximum absolute atomic E-state index is 13.5. The van der Waals surface area contributed by atoms with Crippen LogP contribution in [0.25, 0.3) is 0 Å². The standard InChI is InChI=1S/C24H26N2O4/c27-22(26(17-6-1-2-7-17)18-8-3-4-9-18)16-11-12-20-21(14-16)24(29)25(23(20)28)15-19-10-5-13-30-19/h5,10-14,17-18H,1-4,6-9,15H2. The Hall–Kier alpha value is -2.89. The van der Waals surface area contributed by atoms with Gasteiger partial charge in [0.05, 0.1) is 23.9 Å². The Kier molecular flexibility index (Phi) is 4.93. The minimum Gasteiger partial charge on any atom is -0.467 e. The van der Waals surface area contributed by atoms with Crippen molar-refractivity contribution < 1.29 is 18.8 Å². The van der Waals surface area contributed by atoms with E-state index in [1.807, 2.05) is 0 Å². The molecule has 2 heterocycles. The molecule has 6 nitrogen and oxygen atoms in total. The molecule has 2 fully saturated rings. The lowest BCUT2D eigenvalue weighted by atomic mass is 10.0. The van der Waals surface area contributed by atoms with Gasteiger partial charge in [0, 0.05) is 17.6 Å². The molecule has 0 bridgehead atoms. The van der Waals surface area contributed by atoms with E-state index in [-0.39, 0.29) is 24.3 Å². The monoisotopic (exact) mass is 406 g/mol. The molecule has 156 valence electrons. The van der Waals surface area contributed by atoms with Crippen molar-refractivity contribution in [3.05, 3.63) is 59.0 Å². The summed E-state index contributed by atoms with van der Waals surface area (Å²) >= 11 is 0. The molecule has 0 saturated heterocycles. The summed E-state index contributed by atoms with van der Waals surface area (Å²) in [7, 11) is 0. The minimum absolute atomic E-state index is 0.00123. The highest BCUT2D eigenvalue weighted by molar-refractivity contribution is 6.22. The van der Waals surface area contributed by atoms with Gasteiger partial charge in [0.15, 0.2) is 0 Å². The number of hydrogen-bond acceptors (Lipinski definition) is 4. The lowest BCUT2D eigenvalue weighted by molar-refractivity contribution is 0.0579. The molecule has 1 aromatic heterocycles. The van der Waals surface area contributed by atoms with Gasteiger partial charge in [-0.2, -0.15) is 0 Å². The first-order chi connectivity index (χ1) is 14.6. The highest BCUT2D eigenvalue weighted by atomic mass is 16.3. The molecular weight excluding hydrogens is 380 g/mol. The van der Waals surface area contributed by atoms with Crippen molar-refractivity contribution >= 4 is 17.7 Å². The van der Waals surface area contributed by atoms with Crippen molar-refractivity contribution in [2.45, 2.75) is 70.0 Å². The van der Waals surface area contributed by atoms with Crippen molar-refractivity contribution in [3.63, 3.8) is 0 Å². The van der Waals surface area contributed by atoms with E-state index in [1.165, 1.54) is 36.8 Å². The average molecular weight is 406 g/mol. The van der Waals surface area contributed by atoms with Crippen molar-refractivity contribution in [1.29, 1.82) is 0 Å². The predicted octanol–water partition coefficient (Wildman–Crippen LogP) is 4.40. The summed E-state index contributed by atoms with van der Waals surface area (Å²) in [6.45, 7) is 0.0961. The van der Waals surface area contributed by atoms with Gasteiger partial charge < -0.3 is 9.32 Å². The molecule has 0 spiro atoms. The molecule has 30 heavy (non-hydrogen) atoms. The second-order valence-electron chi connectivity index (χ2n) is 8.63. The van der Waals surface area contributed by atoms with Crippen molar-refractivity contribution in [1.82, 2.24) is 9.80 Å². The topological polar surface area (TPSA) is 70.8 Å². The number of rotatable bonds is 5. The third-order valence-corrected chi connectivity index (χ3v) is 6.78. The van der Waals surface area contributed by atoms with E-state index in [4.69, 9.17) is 4.42 Å². The number of carbonyl (C=O) groups excluding carboxylic acids is 3. The van der Waals surface area contributed by atoms with Crippen LogP contribution in [-0.2, 0) is 6.54 Å². The van der Waals surface area contributed by atoms with E-state index in [1.54, 1.807) is 30.3 Å². The van der Waals surface area contributed by atoms with Gasteiger partial charge in [-0.1, -0.05) is 25.7 Å². The molecule has 0 unspecified atom stereocenters. The second-order valence-corrected chi connectivity index (χ2v) is 8.63. The Morgan fingerprint density at radius 2 is 1.57 bits per heavy atom. The van der Waals surface area contributed by atoms with Crippen LogP contribution in [0.2, 0.25) is 0 Å². The summed E-state index contributed by atoms with van der Waals surface area (Å²) < 4.78 is 5.29. The Morgan fingerprint density at radius 1 is 0.933 bits per heavy atom. The Morgan fingerprint density at radius 3 is 2.17 bits per heavy atom. The Bertz CT molecular complexity index is 953. The first-order valence-corrected chi connectivity index (χ1v) is 11.0. The highest BCUT2D eigenvalue weighted by Gasteiger charge is 2.38. The van der Waals surface area contributed by atoms with E-state index < -0.39 is 0 Å². The second kappa shape index (κ2) is 7.74. The highest BCUT2D eigenvalue weighted by Crippen LogP contribution is 2.34. The molecular formula is C24H26N2O4. The van der Waals surface area contributed by atoms with Gasteiger partial charge in [-0.3, -0.25) is 19.3 Å². The summed E-state index contributed by atoms with van der Waals surface area (Å²) in [5.74, 6) is -0.154. The molecule has 2 saturated carbocycles. The molecule has 3 amide bonds. The molecule has 6 heteroatoms. The van der Waals surface area contributed by atoms with Crippen molar-refractivity contribution in [2.75, 3.05) is 0 Å². The van der Waals surface area contributed by atoms with E-state index in [0.29, 0.717) is 34.5 Å². The fourth-order valence-electron chi connectivity index (χ4n) is 5.27. The smallest absolute Gasteiger partial charge is 0.261 e. The van der Waals surface area contributed by atoms with Gasteiger partial charge in [0.1, 0.15) is 5.76 Å². The van der Waals surface area contributed by atoms with Crippen molar-refractivity contribution in [2.24, 2.45) is 0 Å². The number of hydrogen-bond donors (Lipinski definition) is 0. The van der Waals surface area contributed by atoms with Gasteiger partial charge in [0.25, 0.3) is 17.7 Å². The van der Waals surface area contributed by atoms with Crippen LogP contribution in [-0.4, -0.2) is 39.6 Å². The summed E-state index contributed by atoms with van der Waals surface area (Å²) in [5, 5.41) is 0. The summed E-state index contributed by atoms with van der Waals surface area (Å²) in [6, 6.07) is 9.01. The number of amides is 3. The molecule has 2 aliphatic carbocycles. The zero-order chi connectivity index (χ0) is 20.7. The first-order valence-electron chi connectivity index (χ1n) is 11.0. The van der Waals surface area contributed by atoms with Gasteiger partial charge in [-0.15, -0.1) is 0 Å². The fraction of sp³-hybridized carbons (Fsp3) is 0.458. The SMILES string of the molecule is O=C1c2ccc(C(=O)N(C3CCCC3)C3CCCC3)cc2C(=O)N1Cc1ccco1. The van der Waals surface area contributed by atoms with E-state index in [9.17, 15) is 14.4 Å². The van der Waals surface area contributed by atoms with Gasteiger partial charge in [0.2, 0.25) is 0 Å². The molecule has 5 rings (SSSR count). The van der Waals surface area contributed by atoms with Crippen LogP contribution in [0.5, 0.6) is 0 Å². The van der Waals surface area contributed by atoms with Crippen LogP contribution in [0.3, 0.4) is 0 Å². The number of imide groups is 1. The molecule has 0 N–H and O–H groups in total. The maximum Gasteiger partial charge on any atom is 0.261 e. The number of nitrogens with zero attached hydrogens (tertiary/aromatic N) is 2. The van der Waals surface area contributed by atoms with Crippen LogP contribution in [0, 0.1) is 0 Å². The third-order valence-electron chi connectivity index (χ3n) is 6.78. The molecule has 1 aromatic carbocycles. The quantitative estimate of drug-likeness (QED) is 0.690. The fourth-order valence-corrected chi connectivity index (χ4v) is 5.27. The van der Waals surface area contributed by atoms with Gasteiger partial charge >= 0.3 is 0 Å². The number of furan rings is 1. The number of benzene rings is 1. The number of carbonyl (C=O) groups is 3. The van der Waals surface area contributed by atoms with E-state index in [0.717, 1.165) is 25.7 Å². The Balaban J connectivity index is 1.42. The molecule has 0 radical (unpaired) electrons. The first kappa shape index (κ1) is 19.1. The summed E-state index contributed by atoms with van der Waals surface area (Å²) in [4.78, 5) is 42.5. The lowest BCUT2D eigenvalue weighted by Crippen LogP contribution is -2.45. The minimum atomic E-state index is -0.366. The van der Waals surface area contributed by atoms with Crippen LogP contribution in [0.15, 0.2) is 41.0 Å². The third kappa shape index (κ3) is 3.24. The summed E-state index contributed by atoms with van der Waals surface area (Å²) in [6.07, 6.45) is 10.4. The number of fused-ring (bicyclic) bond motifs is 1. The van der Waals surface area contributed by atoms with Crippen LogP contribution in [0.4, 0.5) is 0 Å². The molecule has 2 aromatic rings. The molecule has 0 atom stereocenters. The van der Waals surface area contributed by atoms with E-state index >= 15 is 0 Å². The normalized spacial score (nSPS) is 19.7. The maximum atomic E-state index is 13.5.